The number of hydrogen-bond donors (Lipinski definition) is 1. The first-order valence-corrected chi connectivity index (χ1v) is 15.3. The number of carbonyl (C=O) groups is 2. The molecule has 8 nitrogen and oxygen atoms in total. The molecule has 0 spiro atoms. The number of para-hydroxylation sites is 2. The van der Waals surface area contributed by atoms with Crippen molar-refractivity contribution < 1.29 is 27.1 Å². The van der Waals surface area contributed by atoms with Crippen LogP contribution in [0.15, 0.2) is 83.8 Å². The largest absolute Gasteiger partial charge is 0.492 e. The number of nitrogens with one attached hydrogen (secondary N) is 1. The Hall–Kier alpha value is -3.92. The molecule has 0 saturated heterocycles. The van der Waals surface area contributed by atoms with Gasteiger partial charge in [0.15, 0.2) is 0 Å². The molecule has 0 radical (unpaired) electrons. The van der Waals surface area contributed by atoms with E-state index in [1.807, 2.05) is 0 Å². The normalized spacial score (nSPS) is 14.3. The van der Waals surface area contributed by atoms with E-state index in [4.69, 9.17) is 4.74 Å². The number of nitrogens with zero attached hydrogens (tertiary/aromatic N) is 2. The Labute approximate surface area is 241 Å². The smallest absolute Gasteiger partial charge is 0.264 e. The van der Waals surface area contributed by atoms with Crippen LogP contribution >= 0.6 is 0 Å². The summed E-state index contributed by atoms with van der Waals surface area (Å²) >= 11 is 0. The lowest BCUT2D eigenvalue weighted by molar-refractivity contribution is -0.139. The average molecular weight is 582 g/mol. The second kappa shape index (κ2) is 13.6. The number of anilines is 1. The topological polar surface area (TPSA) is 96.0 Å². The van der Waals surface area contributed by atoms with Gasteiger partial charge in [0.05, 0.1) is 17.2 Å². The van der Waals surface area contributed by atoms with Gasteiger partial charge in [0.25, 0.3) is 10.0 Å². The molecular weight excluding hydrogens is 545 g/mol. The summed E-state index contributed by atoms with van der Waals surface area (Å²) in [6.45, 7) is 2.79. The summed E-state index contributed by atoms with van der Waals surface area (Å²) in [7, 11) is -4.24. The minimum atomic E-state index is -4.24. The van der Waals surface area contributed by atoms with Crippen molar-refractivity contribution in [1.82, 2.24) is 10.2 Å². The van der Waals surface area contributed by atoms with E-state index >= 15 is 0 Å². The molecule has 1 aliphatic rings. The maximum absolute atomic E-state index is 14.7. The van der Waals surface area contributed by atoms with Crippen LogP contribution in [0, 0.1) is 5.82 Å². The maximum atomic E-state index is 14.7. The number of halogens is 1. The molecule has 218 valence electrons. The molecule has 2 amide bonds. The second-order valence-corrected chi connectivity index (χ2v) is 11.9. The first-order chi connectivity index (χ1) is 19.7. The lowest BCUT2D eigenvalue weighted by atomic mass is 10.1. The van der Waals surface area contributed by atoms with Crippen molar-refractivity contribution >= 4 is 27.5 Å². The molecule has 41 heavy (non-hydrogen) atoms. The maximum Gasteiger partial charge on any atom is 0.264 e. The van der Waals surface area contributed by atoms with E-state index in [0.717, 1.165) is 30.0 Å². The van der Waals surface area contributed by atoms with Crippen molar-refractivity contribution in [1.29, 1.82) is 0 Å². The van der Waals surface area contributed by atoms with Gasteiger partial charge in [-0.15, -0.1) is 0 Å². The summed E-state index contributed by atoms with van der Waals surface area (Å²) in [4.78, 5) is 28.6. The van der Waals surface area contributed by atoms with Crippen LogP contribution in [-0.2, 0) is 26.2 Å². The van der Waals surface area contributed by atoms with Gasteiger partial charge >= 0.3 is 0 Å². The van der Waals surface area contributed by atoms with E-state index in [1.165, 1.54) is 23.1 Å². The summed E-state index contributed by atoms with van der Waals surface area (Å²) in [6, 6.07) is 19.4. The third-order valence-corrected chi connectivity index (χ3v) is 8.99. The molecule has 1 saturated carbocycles. The number of sulfonamides is 1. The minimum Gasteiger partial charge on any atom is -0.492 e. The summed E-state index contributed by atoms with van der Waals surface area (Å²) in [5.41, 5.74) is 0.397. The number of carbonyl (C=O) groups excluding carboxylic acids is 2. The molecule has 1 aliphatic carbocycles. The number of rotatable bonds is 12. The number of benzene rings is 3. The van der Waals surface area contributed by atoms with E-state index in [2.05, 4.69) is 5.32 Å². The van der Waals surface area contributed by atoms with Crippen LogP contribution in [0.1, 0.15) is 45.1 Å². The second-order valence-electron chi connectivity index (χ2n) is 10.0. The highest BCUT2D eigenvalue weighted by atomic mass is 32.2. The molecular formula is C31H36FN3O5S. The minimum absolute atomic E-state index is 0.00761. The first kappa shape index (κ1) is 30.0. The average Bonchev–Trinajstić information content (AvgIpc) is 3.49. The molecule has 3 aromatic rings. The van der Waals surface area contributed by atoms with Gasteiger partial charge in [-0.3, -0.25) is 13.9 Å². The highest BCUT2D eigenvalue weighted by molar-refractivity contribution is 7.92. The zero-order valence-electron chi connectivity index (χ0n) is 23.3. The van der Waals surface area contributed by atoms with E-state index < -0.39 is 34.3 Å². The Morgan fingerprint density at radius 1 is 0.976 bits per heavy atom. The molecule has 0 bridgehead atoms. The Bertz CT molecular complexity index is 1440. The van der Waals surface area contributed by atoms with Crippen LogP contribution in [0.4, 0.5) is 10.1 Å². The first-order valence-electron chi connectivity index (χ1n) is 13.8. The number of amides is 2. The number of hydrogen-bond acceptors (Lipinski definition) is 5. The van der Waals surface area contributed by atoms with Gasteiger partial charge in [-0.05, 0) is 57.0 Å². The van der Waals surface area contributed by atoms with Gasteiger partial charge in [-0.2, -0.15) is 0 Å². The fourth-order valence-electron chi connectivity index (χ4n) is 4.96. The Balaban J connectivity index is 1.72. The van der Waals surface area contributed by atoms with Gasteiger partial charge in [0.2, 0.25) is 11.8 Å². The summed E-state index contributed by atoms with van der Waals surface area (Å²) in [5, 5.41) is 3.00. The highest BCUT2D eigenvalue weighted by Gasteiger charge is 2.34. The van der Waals surface area contributed by atoms with Gasteiger partial charge in [-0.25, -0.2) is 12.8 Å². The molecule has 1 atom stereocenters. The van der Waals surface area contributed by atoms with Crippen molar-refractivity contribution in [3.05, 3.63) is 90.2 Å². The highest BCUT2D eigenvalue weighted by Crippen LogP contribution is 2.33. The molecule has 0 aliphatic heterocycles. The third kappa shape index (κ3) is 7.24. The molecule has 4 rings (SSSR count). The van der Waals surface area contributed by atoms with Gasteiger partial charge in [0.1, 0.15) is 24.2 Å². The lowest BCUT2D eigenvalue weighted by Crippen LogP contribution is -2.52. The van der Waals surface area contributed by atoms with E-state index in [0.29, 0.717) is 0 Å². The standard InChI is InChI=1S/C31H36FN3O5S/c1-3-40-29-20-12-11-19-28(29)35(41(38,39)26-16-5-4-6-17-26)22-30(36)34(21-24-13-7-10-18-27(24)32)23(2)31(37)33-25-14-8-9-15-25/h4-7,10-13,16-20,23,25H,3,8-9,14-15,21-22H2,1-2H3,(H,33,37)/t23-/m1/s1. The van der Waals surface area contributed by atoms with Crippen LogP contribution < -0.4 is 14.4 Å². The molecule has 0 aromatic heterocycles. The Morgan fingerprint density at radius 3 is 2.29 bits per heavy atom. The van der Waals surface area contributed by atoms with E-state index in [9.17, 15) is 22.4 Å². The molecule has 0 unspecified atom stereocenters. The molecule has 0 heterocycles. The van der Waals surface area contributed by atoms with Crippen molar-refractivity contribution in [2.45, 2.75) is 63.1 Å². The van der Waals surface area contributed by atoms with Crippen molar-refractivity contribution in [2.75, 3.05) is 17.5 Å². The van der Waals surface area contributed by atoms with Gasteiger partial charge < -0.3 is 15.0 Å². The fraction of sp³-hybridized carbons (Fsp3) is 0.355. The van der Waals surface area contributed by atoms with Crippen molar-refractivity contribution in [2.24, 2.45) is 0 Å². The Morgan fingerprint density at radius 2 is 1.61 bits per heavy atom. The quantitative estimate of drug-likeness (QED) is 0.329. The predicted molar refractivity (Wildman–Crippen MR) is 155 cm³/mol. The zero-order valence-corrected chi connectivity index (χ0v) is 24.1. The van der Waals surface area contributed by atoms with Crippen LogP contribution in [0.5, 0.6) is 5.75 Å². The summed E-state index contributed by atoms with van der Waals surface area (Å²) < 4.78 is 49.3. The zero-order chi connectivity index (χ0) is 29.4. The van der Waals surface area contributed by atoms with E-state index in [1.54, 1.807) is 74.5 Å². The number of ether oxygens (including phenoxy) is 1. The Kier molecular flexibility index (Phi) is 9.99. The predicted octanol–water partition coefficient (Wildman–Crippen LogP) is 4.90. The third-order valence-electron chi connectivity index (χ3n) is 7.21. The lowest BCUT2D eigenvalue weighted by Gasteiger charge is -2.33. The van der Waals surface area contributed by atoms with Gasteiger partial charge in [-0.1, -0.05) is 61.4 Å². The molecule has 3 aromatic carbocycles. The SMILES string of the molecule is CCOc1ccccc1N(CC(=O)N(Cc1ccccc1F)[C@H](C)C(=O)NC1CCCC1)S(=O)(=O)c1ccccc1. The van der Waals surface area contributed by atoms with Crippen LogP contribution in [0.25, 0.3) is 0 Å². The molecule has 1 fully saturated rings. The molecule has 1 N–H and O–H groups in total. The van der Waals surface area contributed by atoms with Crippen molar-refractivity contribution in [3.63, 3.8) is 0 Å². The van der Waals surface area contributed by atoms with Crippen LogP contribution in [0.3, 0.4) is 0 Å². The van der Waals surface area contributed by atoms with Crippen LogP contribution in [0.2, 0.25) is 0 Å². The van der Waals surface area contributed by atoms with Gasteiger partial charge in [0, 0.05) is 18.2 Å². The monoisotopic (exact) mass is 581 g/mol. The molecule has 10 heteroatoms. The summed E-state index contributed by atoms with van der Waals surface area (Å²) in [6.07, 6.45) is 3.75. The summed E-state index contributed by atoms with van der Waals surface area (Å²) in [5.74, 6) is -1.26. The van der Waals surface area contributed by atoms with Crippen LogP contribution in [-0.4, -0.2) is 50.4 Å². The van der Waals surface area contributed by atoms with Crippen molar-refractivity contribution in [3.8, 4) is 5.75 Å². The van der Waals surface area contributed by atoms with E-state index in [-0.39, 0.29) is 47.0 Å². The fourth-order valence-corrected chi connectivity index (χ4v) is 6.40.